The van der Waals surface area contributed by atoms with Crippen LogP contribution in [0, 0.1) is 6.92 Å². The van der Waals surface area contributed by atoms with Crippen LogP contribution in [0.2, 0.25) is 5.02 Å². The maximum Gasteiger partial charge on any atom is 0.262 e. The van der Waals surface area contributed by atoms with E-state index in [0.717, 1.165) is 31.6 Å². The Bertz CT molecular complexity index is 872. The Morgan fingerprint density at radius 3 is 2.52 bits per heavy atom. The lowest BCUT2D eigenvalue weighted by Crippen LogP contribution is -2.31. The highest BCUT2D eigenvalue weighted by molar-refractivity contribution is 6.32. The number of anilines is 2. The fraction of sp³-hybridized carbons (Fsp3) is 0.450. The maximum absolute atomic E-state index is 12.4. The van der Waals surface area contributed by atoms with Gasteiger partial charge in [0.05, 0.1) is 24.9 Å². The number of carbonyl (C=O) groups excluding carboxylic acids is 1. The van der Waals surface area contributed by atoms with E-state index in [1.54, 1.807) is 18.2 Å². The lowest BCUT2D eigenvalue weighted by atomic mass is 10.1. The molecule has 29 heavy (non-hydrogen) atoms. The standard InChI is InChI=1S/C20H25ClN4O4/c1-13-9-19(24-20(22-13)25-7-5-4-6-8-25)29-12-18(26)23-15-10-14(21)16(27-2)11-17(15)28-3/h9-11H,4-8,12H2,1-3H3,(H,23,26). The summed E-state index contributed by atoms with van der Waals surface area (Å²) in [7, 11) is 3.01. The molecule has 1 aliphatic rings. The Morgan fingerprint density at radius 2 is 1.83 bits per heavy atom. The highest BCUT2D eigenvalue weighted by Gasteiger charge is 2.16. The third kappa shape index (κ3) is 5.41. The fourth-order valence-electron chi connectivity index (χ4n) is 3.12. The van der Waals surface area contributed by atoms with E-state index < -0.39 is 0 Å². The summed E-state index contributed by atoms with van der Waals surface area (Å²) in [5, 5.41) is 3.10. The number of piperidine rings is 1. The van der Waals surface area contributed by atoms with Crippen LogP contribution in [0.3, 0.4) is 0 Å². The van der Waals surface area contributed by atoms with Crippen LogP contribution in [0.1, 0.15) is 25.0 Å². The van der Waals surface area contributed by atoms with Gasteiger partial charge in [0.2, 0.25) is 11.8 Å². The number of halogens is 1. The predicted octanol–water partition coefficient (Wildman–Crippen LogP) is 3.46. The first-order chi connectivity index (χ1) is 14.0. The maximum atomic E-state index is 12.4. The molecular weight excluding hydrogens is 396 g/mol. The van der Waals surface area contributed by atoms with Crippen molar-refractivity contribution in [3.63, 3.8) is 0 Å². The van der Waals surface area contributed by atoms with Gasteiger partial charge in [0.1, 0.15) is 11.5 Å². The second kappa shape index (κ2) is 9.65. The Kier molecular flexibility index (Phi) is 6.98. The lowest BCUT2D eigenvalue weighted by molar-refractivity contribution is -0.118. The molecule has 8 nitrogen and oxygen atoms in total. The Hall–Kier alpha value is -2.74. The summed E-state index contributed by atoms with van der Waals surface area (Å²) in [5.74, 6) is 1.54. The van der Waals surface area contributed by atoms with Crippen LogP contribution in [0.4, 0.5) is 11.6 Å². The van der Waals surface area contributed by atoms with Gasteiger partial charge in [0.15, 0.2) is 6.61 Å². The van der Waals surface area contributed by atoms with Crippen LogP contribution in [0.5, 0.6) is 17.4 Å². The molecule has 0 saturated carbocycles. The SMILES string of the molecule is COc1cc(OC)c(NC(=O)COc2cc(C)nc(N3CCCCC3)n2)cc1Cl. The second-order valence-corrected chi connectivity index (χ2v) is 7.13. The van der Waals surface area contributed by atoms with Crippen molar-refractivity contribution in [2.24, 2.45) is 0 Å². The number of ether oxygens (including phenoxy) is 3. The largest absolute Gasteiger partial charge is 0.495 e. The van der Waals surface area contributed by atoms with Gasteiger partial charge in [-0.15, -0.1) is 0 Å². The smallest absolute Gasteiger partial charge is 0.262 e. The molecule has 1 saturated heterocycles. The van der Waals surface area contributed by atoms with Crippen molar-refractivity contribution in [3.05, 3.63) is 28.9 Å². The third-order valence-corrected chi connectivity index (χ3v) is 4.85. The first-order valence-electron chi connectivity index (χ1n) is 9.45. The molecular formula is C20H25ClN4O4. The van der Waals surface area contributed by atoms with E-state index in [2.05, 4.69) is 20.2 Å². The van der Waals surface area contributed by atoms with E-state index in [4.69, 9.17) is 25.8 Å². The van der Waals surface area contributed by atoms with Crippen LogP contribution >= 0.6 is 11.6 Å². The minimum absolute atomic E-state index is 0.206. The summed E-state index contributed by atoms with van der Waals surface area (Å²) >= 11 is 6.14. The van der Waals surface area contributed by atoms with Crippen molar-refractivity contribution in [3.8, 4) is 17.4 Å². The third-order valence-electron chi connectivity index (χ3n) is 4.56. The normalized spacial score (nSPS) is 13.7. The number of hydrogen-bond acceptors (Lipinski definition) is 7. The number of nitrogens with one attached hydrogen (secondary N) is 1. The van der Waals surface area contributed by atoms with Gasteiger partial charge in [0, 0.05) is 30.9 Å². The zero-order valence-corrected chi connectivity index (χ0v) is 17.6. The van der Waals surface area contributed by atoms with Gasteiger partial charge in [0.25, 0.3) is 5.91 Å². The molecule has 0 unspecified atom stereocenters. The molecule has 1 fully saturated rings. The number of carbonyl (C=O) groups is 1. The zero-order valence-electron chi connectivity index (χ0n) is 16.8. The molecule has 0 bridgehead atoms. The van der Waals surface area contributed by atoms with Crippen LogP contribution in [-0.4, -0.2) is 49.8 Å². The average Bonchev–Trinajstić information content (AvgIpc) is 2.73. The molecule has 0 aliphatic carbocycles. The summed E-state index contributed by atoms with van der Waals surface area (Å²) in [6, 6.07) is 4.89. The average molecular weight is 421 g/mol. The molecule has 0 spiro atoms. The van der Waals surface area contributed by atoms with Gasteiger partial charge in [-0.05, 0) is 32.3 Å². The first kappa shape index (κ1) is 21.0. The minimum Gasteiger partial charge on any atom is -0.495 e. The van der Waals surface area contributed by atoms with Gasteiger partial charge in [-0.2, -0.15) is 4.98 Å². The lowest BCUT2D eigenvalue weighted by Gasteiger charge is -2.26. The number of amides is 1. The van der Waals surface area contributed by atoms with Crippen molar-refractivity contribution in [2.45, 2.75) is 26.2 Å². The number of nitrogens with zero attached hydrogens (tertiary/aromatic N) is 3. The quantitative estimate of drug-likeness (QED) is 0.733. The van der Waals surface area contributed by atoms with Crippen LogP contribution in [-0.2, 0) is 4.79 Å². The van der Waals surface area contributed by atoms with Gasteiger partial charge in [-0.3, -0.25) is 4.79 Å². The zero-order chi connectivity index (χ0) is 20.8. The molecule has 3 rings (SSSR count). The second-order valence-electron chi connectivity index (χ2n) is 6.72. The number of rotatable bonds is 7. The molecule has 1 aromatic heterocycles. The molecule has 2 heterocycles. The number of aryl methyl sites for hydroxylation is 1. The summed E-state index contributed by atoms with van der Waals surface area (Å²) in [4.78, 5) is 23.5. The molecule has 1 amide bonds. The number of aromatic nitrogens is 2. The minimum atomic E-state index is -0.361. The topological polar surface area (TPSA) is 85.8 Å². The van der Waals surface area contributed by atoms with Crippen molar-refractivity contribution in [1.29, 1.82) is 0 Å². The molecule has 1 aliphatic heterocycles. The van der Waals surface area contributed by atoms with E-state index in [1.165, 1.54) is 20.6 Å². The summed E-state index contributed by atoms with van der Waals surface area (Å²) in [6.07, 6.45) is 3.48. The van der Waals surface area contributed by atoms with E-state index in [-0.39, 0.29) is 12.5 Å². The van der Waals surface area contributed by atoms with Crippen LogP contribution < -0.4 is 24.4 Å². The van der Waals surface area contributed by atoms with Gasteiger partial charge in [-0.1, -0.05) is 11.6 Å². The van der Waals surface area contributed by atoms with Crippen LogP contribution in [0.25, 0.3) is 0 Å². The Morgan fingerprint density at radius 1 is 1.10 bits per heavy atom. The van der Waals surface area contributed by atoms with Gasteiger partial charge >= 0.3 is 0 Å². The Balaban J connectivity index is 1.65. The van der Waals surface area contributed by atoms with E-state index >= 15 is 0 Å². The van der Waals surface area contributed by atoms with Gasteiger partial charge in [-0.25, -0.2) is 4.98 Å². The predicted molar refractivity (Wildman–Crippen MR) is 112 cm³/mol. The number of methoxy groups -OCH3 is 2. The van der Waals surface area contributed by atoms with E-state index in [9.17, 15) is 4.79 Å². The van der Waals surface area contributed by atoms with Crippen LogP contribution in [0.15, 0.2) is 18.2 Å². The first-order valence-corrected chi connectivity index (χ1v) is 9.82. The molecule has 1 N–H and O–H groups in total. The monoisotopic (exact) mass is 420 g/mol. The molecule has 0 radical (unpaired) electrons. The molecule has 2 aromatic rings. The Labute approximate surface area is 175 Å². The molecule has 1 aromatic carbocycles. The summed E-state index contributed by atoms with van der Waals surface area (Å²) in [5.41, 5.74) is 1.22. The molecule has 9 heteroatoms. The van der Waals surface area contributed by atoms with Crippen molar-refractivity contribution < 1.29 is 19.0 Å². The number of hydrogen-bond donors (Lipinski definition) is 1. The van der Waals surface area contributed by atoms with Gasteiger partial charge < -0.3 is 24.4 Å². The highest BCUT2D eigenvalue weighted by Crippen LogP contribution is 2.35. The number of benzene rings is 1. The molecule has 0 atom stereocenters. The molecule has 156 valence electrons. The highest BCUT2D eigenvalue weighted by atomic mass is 35.5. The van der Waals surface area contributed by atoms with Crippen molar-refractivity contribution >= 4 is 29.1 Å². The van der Waals surface area contributed by atoms with E-state index in [1.807, 2.05) is 6.92 Å². The van der Waals surface area contributed by atoms with Crippen molar-refractivity contribution in [1.82, 2.24) is 9.97 Å². The summed E-state index contributed by atoms with van der Waals surface area (Å²) in [6.45, 7) is 3.54. The van der Waals surface area contributed by atoms with Crippen molar-refractivity contribution in [2.75, 3.05) is 44.1 Å². The summed E-state index contributed by atoms with van der Waals surface area (Å²) < 4.78 is 16.1. The fourth-order valence-corrected chi connectivity index (χ4v) is 3.36. The van der Waals surface area contributed by atoms with E-state index in [0.29, 0.717) is 34.0 Å².